The number of phenols is 1. The number of hydrogen-bond acceptors (Lipinski definition) is 3. The highest BCUT2D eigenvalue weighted by Crippen LogP contribution is 2.12. The van der Waals surface area contributed by atoms with E-state index >= 15 is 0 Å². The lowest BCUT2D eigenvalue weighted by Gasteiger charge is -2.07. The average Bonchev–Trinajstić information content (AvgIpc) is 2.75. The summed E-state index contributed by atoms with van der Waals surface area (Å²) in [5.41, 5.74) is 1.06. The standard InChI is InChI=1S/C26H45NO3/c1-2-3-4-5-6-7-8-9-10-11-12-13-22-30-23-14-21-27-26(29)20-17-24-15-18-25(28)19-16-24/h15-16,18-19,28H,2-14,17,20-23H2,1H3,(H,27,29). The van der Waals surface area contributed by atoms with E-state index in [1.807, 2.05) is 12.1 Å². The third-order valence-corrected chi connectivity index (χ3v) is 5.51. The minimum Gasteiger partial charge on any atom is -0.508 e. The van der Waals surface area contributed by atoms with E-state index in [2.05, 4.69) is 12.2 Å². The molecule has 4 nitrogen and oxygen atoms in total. The van der Waals surface area contributed by atoms with Crippen LogP contribution >= 0.6 is 0 Å². The number of nitrogens with one attached hydrogen (secondary N) is 1. The summed E-state index contributed by atoms with van der Waals surface area (Å²) in [5.74, 6) is 0.329. The Morgan fingerprint density at radius 2 is 1.33 bits per heavy atom. The molecule has 30 heavy (non-hydrogen) atoms. The number of carbonyl (C=O) groups excluding carboxylic acids is 1. The molecule has 0 aromatic heterocycles. The SMILES string of the molecule is CCCCCCCCCCCCCCOCCCNC(=O)CCc1ccc(O)cc1. The Bertz CT molecular complexity index is 516. The van der Waals surface area contributed by atoms with Crippen LogP contribution in [0, 0.1) is 0 Å². The average molecular weight is 420 g/mol. The summed E-state index contributed by atoms with van der Waals surface area (Å²) in [6.45, 7) is 4.50. The molecule has 0 saturated heterocycles. The van der Waals surface area contributed by atoms with Crippen LogP contribution in [0.1, 0.15) is 102 Å². The first-order valence-corrected chi connectivity index (χ1v) is 12.3. The fourth-order valence-electron chi connectivity index (χ4n) is 3.56. The van der Waals surface area contributed by atoms with Crippen molar-refractivity contribution >= 4 is 5.91 Å². The number of aromatic hydroxyl groups is 1. The highest BCUT2D eigenvalue weighted by molar-refractivity contribution is 5.76. The number of benzene rings is 1. The predicted octanol–water partition coefficient (Wildman–Crippen LogP) is 6.55. The summed E-state index contributed by atoms with van der Waals surface area (Å²) in [4.78, 5) is 11.8. The smallest absolute Gasteiger partial charge is 0.220 e. The zero-order valence-corrected chi connectivity index (χ0v) is 19.3. The second kappa shape index (κ2) is 19.4. The second-order valence-corrected chi connectivity index (χ2v) is 8.37. The first kappa shape index (κ1) is 26.5. The van der Waals surface area contributed by atoms with Crippen LogP contribution in [0.2, 0.25) is 0 Å². The van der Waals surface area contributed by atoms with E-state index in [0.717, 1.165) is 31.6 Å². The minimum absolute atomic E-state index is 0.0732. The van der Waals surface area contributed by atoms with E-state index in [-0.39, 0.29) is 11.7 Å². The van der Waals surface area contributed by atoms with Gasteiger partial charge < -0.3 is 15.2 Å². The summed E-state index contributed by atoms with van der Waals surface area (Å²) >= 11 is 0. The molecule has 0 fully saturated rings. The van der Waals surface area contributed by atoms with Gasteiger partial charge >= 0.3 is 0 Å². The van der Waals surface area contributed by atoms with Gasteiger partial charge in [0.2, 0.25) is 5.91 Å². The second-order valence-electron chi connectivity index (χ2n) is 8.37. The van der Waals surface area contributed by atoms with Crippen molar-refractivity contribution < 1.29 is 14.6 Å². The molecule has 0 heterocycles. The third-order valence-electron chi connectivity index (χ3n) is 5.51. The molecule has 1 amide bonds. The number of amides is 1. The van der Waals surface area contributed by atoms with Gasteiger partial charge in [-0.2, -0.15) is 0 Å². The van der Waals surface area contributed by atoms with Crippen LogP contribution in [0.15, 0.2) is 24.3 Å². The quantitative estimate of drug-likeness (QED) is 0.236. The molecule has 0 atom stereocenters. The van der Waals surface area contributed by atoms with E-state index in [1.165, 1.54) is 70.6 Å². The maximum absolute atomic E-state index is 11.8. The number of hydrogen-bond donors (Lipinski definition) is 2. The largest absolute Gasteiger partial charge is 0.508 e. The van der Waals surface area contributed by atoms with Gasteiger partial charge in [0.05, 0.1) is 0 Å². The van der Waals surface area contributed by atoms with Crippen LogP contribution in [0.25, 0.3) is 0 Å². The van der Waals surface area contributed by atoms with Gasteiger partial charge in [0, 0.05) is 26.2 Å². The van der Waals surface area contributed by atoms with Crippen LogP contribution in [0.3, 0.4) is 0 Å². The first-order chi connectivity index (χ1) is 14.7. The molecule has 0 aliphatic carbocycles. The van der Waals surface area contributed by atoms with E-state index in [9.17, 15) is 9.90 Å². The van der Waals surface area contributed by atoms with Crippen molar-refractivity contribution in [2.45, 2.75) is 103 Å². The van der Waals surface area contributed by atoms with Gasteiger partial charge in [0.25, 0.3) is 0 Å². The summed E-state index contributed by atoms with van der Waals surface area (Å²) < 4.78 is 5.67. The maximum Gasteiger partial charge on any atom is 0.220 e. The van der Waals surface area contributed by atoms with Crippen LogP contribution in [-0.2, 0) is 16.0 Å². The Labute approximate surface area is 184 Å². The lowest BCUT2D eigenvalue weighted by Crippen LogP contribution is -2.25. The van der Waals surface area contributed by atoms with Crippen molar-refractivity contribution in [3.63, 3.8) is 0 Å². The Balaban J connectivity index is 1.77. The molecule has 2 N–H and O–H groups in total. The summed E-state index contributed by atoms with van der Waals surface area (Å²) in [6.07, 6.45) is 18.4. The molecule has 1 rings (SSSR count). The first-order valence-electron chi connectivity index (χ1n) is 12.3. The minimum atomic E-state index is 0.0732. The zero-order valence-electron chi connectivity index (χ0n) is 19.3. The van der Waals surface area contributed by atoms with Crippen molar-refractivity contribution in [3.8, 4) is 5.75 Å². The Morgan fingerprint density at radius 3 is 1.93 bits per heavy atom. The van der Waals surface area contributed by atoms with Crippen molar-refractivity contribution in [1.82, 2.24) is 5.32 Å². The molecule has 172 valence electrons. The molecule has 1 aromatic rings. The molecule has 0 aliphatic rings. The van der Waals surface area contributed by atoms with Crippen LogP contribution in [-0.4, -0.2) is 30.8 Å². The normalized spacial score (nSPS) is 11.0. The number of carbonyl (C=O) groups is 1. The fourth-order valence-corrected chi connectivity index (χ4v) is 3.56. The lowest BCUT2D eigenvalue weighted by atomic mass is 10.1. The van der Waals surface area contributed by atoms with Crippen molar-refractivity contribution in [1.29, 1.82) is 0 Å². The van der Waals surface area contributed by atoms with E-state index in [0.29, 0.717) is 19.4 Å². The Kier molecular flexibility index (Phi) is 17.1. The summed E-state index contributed by atoms with van der Waals surface area (Å²) in [7, 11) is 0. The van der Waals surface area contributed by atoms with Crippen molar-refractivity contribution in [2.75, 3.05) is 19.8 Å². The van der Waals surface area contributed by atoms with Gasteiger partial charge in [0.15, 0.2) is 0 Å². The summed E-state index contributed by atoms with van der Waals surface area (Å²) in [5, 5.41) is 12.2. The van der Waals surface area contributed by atoms with Gasteiger partial charge in [-0.3, -0.25) is 4.79 Å². The third kappa shape index (κ3) is 16.3. The number of rotatable bonds is 20. The maximum atomic E-state index is 11.8. The number of ether oxygens (including phenoxy) is 1. The molecule has 0 aliphatic heterocycles. The van der Waals surface area contributed by atoms with Crippen LogP contribution < -0.4 is 5.32 Å². The molecule has 0 unspecified atom stereocenters. The van der Waals surface area contributed by atoms with Gasteiger partial charge in [0.1, 0.15) is 5.75 Å². The lowest BCUT2D eigenvalue weighted by molar-refractivity contribution is -0.121. The van der Waals surface area contributed by atoms with Gasteiger partial charge in [-0.05, 0) is 37.0 Å². The molecule has 0 bridgehead atoms. The van der Waals surface area contributed by atoms with Crippen LogP contribution in [0.4, 0.5) is 0 Å². The molecular weight excluding hydrogens is 374 g/mol. The molecular formula is C26H45NO3. The van der Waals surface area contributed by atoms with E-state index in [1.54, 1.807) is 12.1 Å². The molecule has 0 radical (unpaired) electrons. The molecule has 4 heteroatoms. The highest BCUT2D eigenvalue weighted by atomic mass is 16.5. The van der Waals surface area contributed by atoms with Crippen molar-refractivity contribution in [3.05, 3.63) is 29.8 Å². The van der Waals surface area contributed by atoms with Gasteiger partial charge in [-0.15, -0.1) is 0 Å². The molecule has 0 saturated carbocycles. The van der Waals surface area contributed by atoms with Crippen LogP contribution in [0.5, 0.6) is 5.75 Å². The monoisotopic (exact) mass is 419 g/mol. The topological polar surface area (TPSA) is 58.6 Å². The van der Waals surface area contributed by atoms with E-state index in [4.69, 9.17) is 4.74 Å². The van der Waals surface area contributed by atoms with Crippen molar-refractivity contribution in [2.24, 2.45) is 0 Å². The number of aryl methyl sites for hydroxylation is 1. The fraction of sp³-hybridized carbons (Fsp3) is 0.731. The number of unbranched alkanes of at least 4 members (excludes halogenated alkanes) is 11. The van der Waals surface area contributed by atoms with Gasteiger partial charge in [-0.1, -0.05) is 89.7 Å². The Hall–Kier alpha value is -1.55. The highest BCUT2D eigenvalue weighted by Gasteiger charge is 2.02. The Morgan fingerprint density at radius 1 is 0.800 bits per heavy atom. The molecule has 0 spiro atoms. The zero-order chi connectivity index (χ0) is 21.7. The van der Waals surface area contributed by atoms with Gasteiger partial charge in [-0.25, -0.2) is 0 Å². The van der Waals surface area contributed by atoms with E-state index < -0.39 is 0 Å². The molecule has 1 aromatic carbocycles. The summed E-state index contributed by atoms with van der Waals surface area (Å²) in [6, 6.07) is 7.01. The number of phenolic OH excluding ortho intramolecular Hbond substituents is 1. The predicted molar refractivity (Wildman–Crippen MR) is 126 cm³/mol.